The molecule has 0 radical (unpaired) electrons. The number of aromatic nitrogens is 2. The van der Waals surface area contributed by atoms with Gasteiger partial charge in [0.1, 0.15) is 0 Å². The molecule has 0 saturated heterocycles. The van der Waals surface area contributed by atoms with E-state index in [1.807, 2.05) is 31.2 Å². The van der Waals surface area contributed by atoms with E-state index in [9.17, 15) is 14.9 Å². The molecule has 0 unspecified atom stereocenters. The van der Waals surface area contributed by atoms with Crippen LogP contribution in [0.4, 0.5) is 11.4 Å². The van der Waals surface area contributed by atoms with Crippen LogP contribution in [-0.2, 0) is 11.2 Å². The first kappa shape index (κ1) is 19.1. The minimum atomic E-state index is -0.418. The van der Waals surface area contributed by atoms with Crippen molar-refractivity contribution in [3.05, 3.63) is 63.7 Å². The molecule has 4 rings (SSSR count). The summed E-state index contributed by atoms with van der Waals surface area (Å²) in [7, 11) is 0. The fraction of sp³-hybridized carbons (Fsp3) is 0.250. The van der Waals surface area contributed by atoms with Crippen molar-refractivity contribution in [3.8, 4) is 11.5 Å². The predicted octanol–water partition coefficient (Wildman–Crippen LogP) is 4.02. The van der Waals surface area contributed by atoms with Gasteiger partial charge in [0.15, 0.2) is 0 Å². The fourth-order valence-corrected chi connectivity index (χ4v) is 3.99. The number of fused-ring (bicyclic) bond motifs is 1. The SMILES string of the molecule is Cc1ccccc1-c1nnc(SCC(=O)N2CCCc3cc([N+](=O)[O-])ccc32)o1. The Morgan fingerprint density at radius 3 is 2.90 bits per heavy atom. The van der Waals surface area contributed by atoms with Crippen LogP contribution < -0.4 is 4.90 Å². The summed E-state index contributed by atoms with van der Waals surface area (Å²) in [5.74, 6) is 0.473. The van der Waals surface area contributed by atoms with Crippen LogP contribution in [0, 0.1) is 17.0 Å². The molecule has 0 aliphatic carbocycles. The van der Waals surface area contributed by atoms with Crippen LogP contribution in [0.3, 0.4) is 0 Å². The van der Waals surface area contributed by atoms with Crippen molar-refractivity contribution in [1.82, 2.24) is 10.2 Å². The second-order valence-corrected chi connectivity index (χ2v) is 7.62. The molecule has 8 nitrogen and oxygen atoms in total. The van der Waals surface area contributed by atoms with E-state index in [0.717, 1.165) is 35.2 Å². The van der Waals surface area contributed by atoms with Crippen LogP contribution in [0.15, 0.2) is 52.1 Å². The quantitative estimate of drug-likeness (QED) is 0.355. The molecule has 1 aromatic heterocycles. The smallest absolute Gasteiger partial charge is 0.277 e. The number of carbonyl (C=O) groups excluding carboxylic acids is 1. The molecule has 0 saturated carbocycles. The lowest BCUT2D eigenvalue weighted by Crippen LogP contribution is -2.36. The van der Waals surface area contributed by atoms with E-state index < -0.39 is 4.92 Å². The largest absolute Gasteiger partial charge is 0.411 e. The minimum Gasteiger partial charge on any atom is -0.411 e. The number of rotatable bonds is 5. The second kappa shape index (κ2) is 8.04. The molecule has 3 aromatic rings. The number of amides is 1. The summed E-state index contributed by atoms with van der Waals surface area (Å²) in [4.78, 5) is 25.0. The molecule has 1 aliphatic rings. The Labute approximate surface area is 171 Å². The first-order valence-corrected chi connectivity index (χ1v) is 10.1. The van der Waals surface area contributed by atoms with E-state index in [4.69, 9.17) is 4.42 Å². The predicted molar refractivity (Wildman–Crippen MR) is 109 cm³/mol. The number of anilines is 1. The van der Waals surface area contributed by atoms with E-state index in [1.165, 1.54) is 17.8 Å². The standard InChI is InChI=1S/C20H18N4O4S/c1-13-5-2-3-7-16(13)19-21-22-20(28-19)29-12-18(25)23-10-4-6-14-11-15(24(26)27)8-9-17(14)23/h2-3,5,7-9,11H,4,6,10,12H2,1H3. The number of non-ortho nitro benzene ring substituents is 1. The summed E-state index contributed by atoms with van der Waals surface area (Å²) in [5, 5.41) is 19.4. The third-order valence-electron chi connectivity index (χ3n) is 4.79. The molecule has 29 heavy (non-hydrogen) atoms. The molecule has 0 atom stereocenters. The van der Waals surface area contributed by atoms with Crippen molar-refractivity contribution in [2.24, 2.45) is 0 Å². The number of nitro groups is 1. The number of aryl methyl sites for hydroxylation is 2. The van der Waals surface area contributed by atoms with Crippen LogP contribution >= 0.6 is 11.8 Å². The third-order valence-corrected chi connectivity index (χ3v) is 5.60. The maximum Gasteiger partial charge on any atom is 0.277 e. The Morgan fingerprint density at radius 1 is 1.28 bits per heavy atom. The normalized spacial score (nSPS) is 13.2. The first-order chi connectivity index (χ1) is 14.0. The summed E-state index contributed by atoms with van der Waals surface area (Å²) < 4.78 is 5.69. The summed E-state index contributed by atoms with van der Waals surface area (Å²) in [6.45, 7) is 2.55. The molecule has 0 bridgehead atoms. The molecule has 1 aliphatic heterocycles. The van der Waals surface area contributed by atoms with E-state index in [-0.39, 0.29) is 17.3 Å². The van der Waals surface area contributed by atoms with Gasteiger partial charge in [-0.05, 0) is 43.0 Å². The molecule has 0 N–H and O–H groups in total. The van der Waals surface area contributed by atoms with Gasteiger partial charge >= 0.3 is 0 Å². The lowest BCUT2D eigenvalue weighted by Gasteiger charge is -2.29. The van der Waals surface area contributed by atoms with Gasteiger partial charge in [-0.25, -0.2) is 0 Å². The molecule has 0 spiro atoms. The molecular weight excluding hydrogens is 392 g/mol. The van der Waals surface area contributed by atoms with Gasteiger partial charge in [0.05, 0.1) is 10.7 Å². The molecule has 2 aromatic carbocycles. The van der Waals surface area contributed by atoms with Gasteiger partial charge in [0.2, 0.25) is 11.8 Å². The van der Waals surface area contributed by atoms with Crippen LogP contribution in [0.5, 0.6) is 0 Å². The molecule has 0 fully saturated rings. The highest BCUT2D eigenvalue weighted by Crippen LogP contribution is 2.32. The number of benzene rings is 2. The zero-order chi connectivity index (χ0) is 20.4. The highest BCUT2D eigenvalue weighted by molar-refractivity contribution is 7.99. The van der Waals surface area contributed by atoms with Gasteiger partial charge in [-0.3, -0.25) is 14.9 Å². The molecule has 1 amide bonds. The minimum absolute atomic E-state index is 0.0435. The van der Waals surface area contributed by atoms with E-state index in [0.29, 0.717) is 17.7 Å². The Balaban J connectivity index is 1.45. The monoisotopic (exact) mass is 410 g/mol. The van der Waals surface area contributed by atoms with Gasteiger partial charge in [-0.15, -0.1) is 10.2 Å². The maximum absolute atomic E-state index is 12.8. The van der Waals surface area contributed by atoms with Crippen molar-refractivity contribution < 1.29 is 14.1 Å². The zero-order valence-electron chi connectivity index (χ0n) is 15.7. The summed E-state index contributed by atoms with van der Waals surface area (Å²) in [5.41, 5.74) is 3.50. The molecule has 2 heterocycles. The Hall–Kier alpha value is -3.20. The zero-order valence-corrected chi connectivity index (χ0v) is 16.5. The lowest BCUT2D eigenvalue weighted by molar-refractivity contribution is -0.384. The van der Waals surface area contributed by atoms with Crippen molar-refractivity contribution in [1.29, 1.82) is 0 Å². The van der Waals surface area contributed by atoms with Crippen molar-refractivity contribution in [2.45, 2.75) is 25.0 Å². The molecule has 148 valence electrons. The van der Waals surface area contributed by atoms with E-state index >= 15 is 0 Å². The number of hydrogen-bond acceptors (Lipinski definition) is 7. The number of nitrogens with zero attached hydrogens (tertiary/aromatic N) is 4. The average molecular weight is 410 g/mol. The highest BCUT2D eigenvalue weighted by atomic mass is 32.2. The van der Waals surface area contributed by atoms with Gasteiger partial charge in [0, 0.05) is 29.9 Å². The Bertz CT molecular complexity index is 1080. The summed E-state index contributed by atoms with van der Waals surface area (Å²) in [6, 6.07) is 12.4. The van der Waals surface area contributed by atoms with Gasteiger partial charge in [0.25, 0.3) is 10.9 Å². The Kier molecular flexibility index (Phi) is 5.30. The number of nitro benzene ring substituents is 1. The fourth-order valence-electron chi connectivity index (χ4n) is 3.35. The van der Waals surface area contributed by atoms with Crippen molar-refractivity contribution in [3.63, 3.8) is 0 Å². The van der Waals surface area contributed by atoms with Crippen molar-refractivity contribution >= 4 is 29.0 Å². The Morgan fingerprint density at radius 2 is 2.10 bits per heavy atom. The van der Waals surface area contributed by atoms with Gasteiger partial charge in [-0.1, -0.05) is 30.0 Å². The number of thioether (sulfide) groups is 1. The molecule has 9 heteroatoms. The third kappa shape index (κ3) is 4.00. The summed E-state index contributed by atoms with van der Waals surface area (Å²) in [6.07, 6.45) is 1.49. The topological polar surface area (TPSA) is 102 Å². The van der Waals surface area contributed by atoms with Gasteiger partial charge < -0.3 is 9.32 Å². The first-order valence-electron chi connectivity index (χ1n) is 9.13. The van der Waals surface area contributed by atoms with Crippen LogP contribution in [0.1, 0.15) is 17.5 Å². The van der Waals surface area contributed by atoms with E-state index in [2.05, 4.69) is 10.2 Å². The molecular formula is C20H18N4O4S. The van der Waals surface area contributed by atoms with Crippen molar-refractivity contribution in [2.75, 3.05) is 17.2 Å². The number of hydrogen-bond donors (Lipinski definition) is 0. The number of carbonyl (C=O) groups is 1. The second-order valence-electron chi connectivity index (χ2n) is 6.70. The van der Waals surface area contributed by atoms with Crippen LogP contribution in [-0.4, -0.2) is 33.3 Å². The van der Waals surface area contributed by atoms with Gasteiger partial charge in [-0.2, -0.15) is 0 Å². The maximum atomic E-state index is 12.8. The van der Waals surface area contributed by atoms with Crippen LogP contribution in [0.2, 0.25) is 0 Å². The highest BCUT2D eigenvalue weighted by Gasteiger charge is 2.25. The average Bonchev–Trinajstić information content (AvgIpc) is 3.20. The summed E-state index contributed by atoms with van der Waals surface area (Å²) >= 11 is 1.19. The van der Waals surface area contributed by atoms with Crippen LogP contribution in [0.25, 0.3) is 11.5 Å². The van der Waals surface area contributed by atoms with E-state index in [1.54, 1.807) is 17.0 Å². The lowest BCUT2D eigenvalue weighted by atomic mass is 10.0.